The Hall–Kier alpha value is -0.423. The largest absolute Gasteiger partial charge is 0.403 e. The van der Waals surface area contributed by atoms with Crippen molar-refractivity contribution in [1.82, 2.24) is 0 Å². The van der Waals surface area contributed by atoms with Crippen molar-refractivity contribution in [3.63, 3.8) is 0 Å². The normalized spacial score (nSPS) is 33.7. The maximum atomic E-state index is 11.5. The van der Waals surface area contributed by atoms with E-state index in [4.69, 9.17) is 18.6 Å². The number of hydrogen-bond donors (Lipinski definition) is 1. The highest BCUT2D eigenvalue weighted by Crippen LogP contribution is 2.67. The Labute approximate surface area is 240 Å². The maximum absolute atomic E-state index is 11.5. The van der Waals surface area contributed by atoms with E-state index in [2.05, 4.69) is 59.6 Å². The second-order valence-electron chi connectivity index (χ2n) is 14.3. The van der Waals surface area contributed by atoms with E-state index in [0.29, 0.717) is 32.2 Å². The number of aliphatic hydroxyl groups excluding tert-OH is 1. The summed E-state index contributed by atoms with van der Waals surface area (Å²) in [6.07, 6.45) is 12.6. The van der Waals surface area contributed by atoms with Crippen molar-refractivity contribution < 1.29 is 23.7 Å². The molecule has 0 aromatic carbocycles. The summed E-state index contributed by atoms with van der Waals surface area (Å²) in [5.74, 6) is 7.40. The lowest BCUT2D eigenvalue weighted by Gasteiger charge is -2.69. The molecule has 6 heteroatoms. The van der Waals surface area contributed by atoms with Crippen molar-refractivity contribution in [2.75, 3.05) is 19.8 Å². The van der Waals surface area contributed by atoms with Gasteiger partial charge in [0.2, 0.25) is 5.79 Å². The van der Waals surface area contributed by atoms with Crippen molar-refractivity contribution in [3.05, 3.63) is 0 Å². The van der Waals surface area contributed by atoms with Crippen LogP contribution in [0.2, 0.25) is 18.1 Å². The topological polar surface area (TPSA) is 57.2 Å². The molecule has 4 fully saturated rings. The van der Waals surface area contributed by atoms with Crippen LogP contribution in [-0.4, -0.2) is 56.8 Å². The average molecular weight is 563 g/mol. The van der Waals surface area contributed by atoms with Crippen LogP contribution >= 0.6 is 0 Å². The Balaban J connectivity index is 1.68. The van der Waals surface area contributed by atoms with Crippen LogP contribution in [-0.2, 0) is 18.6 Å². The second kappa shape index (κ2) is 12.8. The molecule has 1 aliphatic heterocycles. The van der Waals surface area contributed by atoms with Gasteiger partial charge in [-0.25, -0.2) is 0 Å². The van der Waals surface area contributed by atoms with E-state index in [1.807, 2.05) is 0 Å². The van der Waals surface area contributed by atoms with Crippen molar-refractivity contribution >= 4 is 8.32 Å². The van der Waals surface area contributed by atoms with E-state index < -0.39 is 25.8 Å². The fourth-order valence-corrected chi connectivity index (χ4v) is 8.80. The quantitative estimate of drug-likeness (QED) is 0.170. The van der Waals surface area contributed by atoms with Crippen LogP contribution in [0.25, 0.3) is 0 Å². The molecule has 1 N–H and O–H groups in total. The maximum Gasteiger partial charge on any atom is 0.201 e. The number of hydrogen-bond acceptors (Lipinski definition) is 5. The van der Waals surface area contributed by atoms with Gasteiger partial charge in [-0.2, -0.15) is 0 Å². The summed E-state index contributed by atoms with van der Waals surface area (Å²) in [5.41, 5.74) is -0.518. The summed E-state index contributed by atoms with van der Waals surface area (Å²) in [7, 11) is -2.00. The third kappa shape index (κ3) is 6.06. The summed E-state index contributed by atoms with van der Waals surface area (Å²) in [6, 6.07) is 0. The zero-order valence-corrected chi connectivity index (χ0v) is 27.2. The Bertz CT molecular complexity index is 844. The summed E-state index contributed by atoms with van der Waals surface area (Å²) >= 11 is 0. The molecular formula is C33H58O5Si. The van der Waals surface area contributed by atoms with Crippen LogP contribution in [0.5, 0.6) is 0 Å². The molecule has 1 spiro atoms. The second-order valence-corrected chi connectivity index (χ2v) is 19.1. The van der Waals surface area contributed by atoms with Crippen LogP contribution in [0.15, 0.2) is 0 Å². The Morgan fingerprint density at radius 3 is 2.28 bits per heavy atom. The molecule has 4 aliphatic rings. The monoisotopic (exact) mass is 562 g/mol. The fraction of sp³-hybridized carbons (Fsp3) is 0.939. The van der Waals surface area contributed by atoms with Gasteiger partial charge in [0.05, 0.1) is 25.2 Å². The summed E-state index contributed by atoms with van der Waals surface area (Å²) in [5, 5.41) is 11.6. The summed E-state index contributed by atoms with van der Waals surface area (Å²) in [6.45, 7) is 18.0. The van der Waals surface area contributed by atoms with Crippen LogP contribution in [0.3, 0.4) is 0 Å². The first kappa shape index (κ1) is 31.5. The van der Waals surface area contributed by atoms with Gasteiger partial charge in [-0.1, -0.05) is 85.0 Å². The highest BCUT2D eigenvalue weighted by Gasteiger charge is 2.78. The van der Waals surface area contributed by atoms with Crippen LogP contribution < -0.4 is 0 Å². The van der Waals surface area contributed by atoms with Gasteiger partial charge in [0.1, 0.15) is 11.7 Å². The zero-order valence-electron chi connectivity index (χ0n) is 26.2. The average Bonchev–Trinajstić information content (AvgIpc) is 3.42. The Morgan fingerprint density at radius 1 is 1.00 bits per heavy atom. The number of rotatable bonds is 10. The third-order valence-electron chi connectivity index (χ3n) is 10.8. The van der Waals surface area contributed by atoms with E-state index in [1.54, 1.807) is 0 Å². The molecular weight excluding hydrogens is 504 g/mol. The van der Waals surface area contributed by atoms with Gasteiger partial charge in [0, 0.05) is 18.4 Å². The lowest BCUT2D eigenvalue weighted by molar-refractivity contribution is -0.422. The van der Waals surface area contributed by atoms with Gasteiger partial charge in [-0.15, -0.1) is 0 Å². The molecule has 1 saturated heterocycles. The lowest BCUT2D eigenvalue weighted by atomic mass is 9.46. The highest BCUT2D eigenvalue weighted by molar-refractivity contribution is 6.74. The first-order valence-electron chi connectivity index (χ1n) is 16.3. The molecule has 0 radical (unpaired) electrons. The number of aliphatic hydroxyl groups is 1. The van der Waals surface area contributed by atoms with Gasteiger partial charge in [-0.05, 0) is 62.6 Å². The number of ether oxygens (including phenoxy) is 3. The lowest BCUT2D eigenvalue weighted by Crippen LogP contribution is -2.80. The highest BCUT2D eigenvalue weighted by atomic mass is 28.4. The molecule has 0 bridgehead atoms. The van der Waals surface area contributed by atoms with Crippen molar-refractivity contribution in [3.8, 4) is 11.8 Å². The van der Waals surface area contributed by atoms with Gasteiger partial charge < -0.3 is 23.7 Å². The molecule has 4 rings (SSSR count). The minimum Gasteiger partial charge on any atom is -0.403 e. The number of fused-ring (bicyclic) bond motifs is 2. The van der Waals surface area contributed by atoms with Gasteiger partial charge in [0.25, 0.3) is 0 Å². The van der Waals surface area contributed by atoms with Crippen molar-refractivity contribution in [2.45, 2.75) is 153 Å². The molecule has 0 aromatic rings. The Morgan fingerprint density at radius 2 is 1.67 bits per heavy atom. The van der Waals surface area contributed by atoms with Gasteiger partial charge in [-0.3, -0.25) is 0 Å². The molecule has 224 valence electrons. The molecule has 0 aromatic heterocycles. The molecule has 3 saturated carbocycles. The third-order valence-corrected chi connectivity index (χ3v) is 15.3. The molecule has 39 heavy (non-hydrogen) atoms. The predicted octanol–water partition coefficient (Wildman–Crippen LogP) is 7.47. The molecule has 1 unspecified atom stereocenters. The van der Waals surface area contributed by atoms with E-state index in [0.717, 1.165) is 38.5 Å². The molecule has 0 amide bonds. The van der Waals surface area contributed by atoms with E-state index in [9.17, 15) is 5.11 Å². The first-order chi connectivity index (χ1) is 18.5. The van der Waals surface area contributed by atoms with Gasteiger partial charge in [0.15, 0.2) is 8.32 Å². The molecule has 1 heterocycles. The Kier molecular flexibility index (Phi) is 10.4. The smallest absolute Gasteiger partial charge is 0.201 e. The summed E-state index contributed by atoms with van der Waals surface area (Å²) < 4.78 is 26.9. The molecule has 3 aliphatic carbocycles. The standard InChI is InChI=1S/C33H58O5Si/c1-8-10-17-27-30-26(18-19-29(25-15-13-12-14-16-25)38-39(6,7)31(3,4)5)28(34)20-21-32(30,35-22-11-9-2)33(27)36-23-24-37-33/h25-30,34H,8-17,20-24H2,1-7H3/t26-,27?,28+,29-,30-,32+/m1/s1. The fourth-order valence-electron chi connectivity index (χ4n) is 7.56. The van der Waals surface area contributed by atoms with Crippen LogP contribution in [0, 0.1) is 35.5 Å². The van der Waals surface area contributed by atoms with E-state index in [-0.39, 0.29) is 28.9 Å². The zero-order chi connectivity index (χ0) is 28.3. The summed E-state index contributed by atoms with van der Waals surface area (Å²) in [4.78, 5) is 0. The first-order valence-corrected chi connectivity index (χ1v) is 19.2. The van der Waals surface area contributed by atoms with Gasteiger partial charge >= 0.3 is 0 Å². The van der Waals surface area contributed by atoms with Crippen LogP contribution in [0.1, 0.15) is 112 Å². The van der Waals surface area contributed by atoms with Crippen molar-refractivity contribution in [1.29, 1.82) is 0 Å². The molecule has 5 nitrogen and oxygen atoms in total. The minimum absolute atomic E-state index is 0.0576. The minimum atomic E-state index is -2.00. The molecule has 6 atom stereocenters. The van der Waals surface area contributed by atoms with Crippen LogP contribution in [0.4, 0.5) is 0 Å². The number of unbranched alkanes of at least 4 members (excludes halogenated alkanes) is 2. The van der Waals surface area contributed by atoms with E-state index >= 15 is 0 Å². The van der Waals surface area contributed by atoms with E-state index in [1.165, 1.54) is 32.1 Å². The predicted molar refractivity (Wildman–Crippen MR) is 160 cm³/mol. The van der Waals surface area contributed by atoms with Crippen molar-refractivity contribution in [2.24, 2.45) is 23.7 Å². The SMILES string of the molecule is CCCCO[C@@]12CC[C@H](O)[C@@H](C#C[C@@H](O[Si](C)(C)C(C)(C)C)C3CCCCC3)[C@@H]1C(CCCC)C21OCCO1.